The molecule has 0 radical (unpaired) electrons. The smallest absolute Gasteiger partial charge is 0.410 e. The largest absolute Gasteiger partial charge is 0.444 e. The molecular weight excluding hydrogens is 562 g/mol. The van der Waals surface area contributed by atoms with Gasteiger partial charge in [0.25, 0.3) is 0 Å². The van der Waals surface area contributed by atoms with Crippen LogP contribution in [0.5, 0.6) is 0 Å². The molecule has 1 fully saturated rings. The van der Waals surface area contributed by atoms with Crippen molar-refractivity contribution < 1.29 is 9.53 Å². The minimum absolute atomic E-state index is 0.199. The molecule has 4 heterocycles. The lowest BCUT2D eigenvalue weighted by atomic mass is 10.0. The lowest BCUT2D eigenvalue weighted by molar-refractivity contribution is 0.00924. The molecule has 0 aliphatic carbocycles. The van der Waals surface area contributed by atoms with E-state index in [1.807, 2.05) is 75.1 Å². The van der Waals surface area contributed by atoms with Gasteiger partial charge in [-0.25, -0.2) is 19.7 Å². The van der Waals surface area contributed by atoms with Crippen molar-refractivity contribution in [3.05, 3.63) is 90.6 Å². The molecule has 0 atom stereocenters. The molecule has 9 nitrogen and oxygen atoms in total. The molecule has 1 aliphatic heterocycles. The molecule has 2 N–H and O–H groups in total. The number of carbonyl (C=O) groups is 1. The Morgan fingerprint density at radius 2 is 1.69 bits per heavy atom. The van der Waals surface area contributed by atoms with Crippen LogP contribution in [0.2, 0.25) is 0 Å². The maximum absolute atomic E-state index is 12.8. The molecule has 3 aromatic heterocycles. The number of nitrogen functional groups attached to an aromatic ring is 1. The third-order valence-electron chi connectivity index (χ3n) is 8.22. The van der Waals surface area contributed by atoms with Gasteiger partial charge in [0.2, 0.25) is 0 Å². The van der Waals surface area contributed by atoms with E-state index in [1.165, 1.54) is 5.56 Å². The van der Waals surface area contributed by atoms with Crippen LogP contribution < -0.4 is 5.73 Å². The SMILES string of the molecule is CCN(C(=O)OC(C)(C)C)C1CCN(Cc2ccc(-n3c(-c4cccnc4N)nc4ccc(-c5ccccc5)nc43)cc2)CC1. The van der Waals surface area contributed by atoms with E-state index in [4.69, 9.17) is 20.4 Å². The molecule has 9 heteroatoms. The molecule has 45 heavy (non-hydrogen) atoms. The van der Waals surface area contributed by atoms with Gasteiger partial charge in [-0.05, 0) is 82.5 Å². The van der Waals surface area contributed by atoms with E-state index in [0.717, 1.165) is 66.1 Å². The normalized spacial score (nSPS) is 14.5. The average molecular weight is 604 g/mol. The summed E-state index contributed by atoms with van der Waals surface area (Å²) in [5.74, 6) is 1.12. The molecule has 1 aliphatic rings. The number of hydrogen-bond donors (Lipinski definition) is 1. The first-order valence-corrected chi connectivity index (χ1v) is 15.7. The van der Waals surface area contributed by atoms with Crippen LogP contribution in [0.15, 0.2) is 85.1 Å². The van der Waals surface area contributed by atoms with Gasteiger partial charge in [0.15, 0.2) is 11.5 Å². The van der Waals surface area contributed by atoms with Crippen LogP contribution in [0.25, 0.3) is 39.5 Å². The number of benzene rings is 2. The molecule has 5 aromatic rings. The van der Waals surface area contributed by atoms with Crippen molar-refractivity contribution in [2.75, 3.05) is 25.4 Å². The Morgan fingerprint density at radius 3 is 2.36 bits per heavy atom. The highest BCUT2D eigenvalue weighted by molar-refractivity contribution is 5.84. The summed E-state index contributed by atoms with van der Waals surface area (Å²) in [7, 11) is 0. The zero-order valence-electron chi connectivity index (χ0n) is 26.5. The van der Waals surface area contributed by atoms with Crippen molar-refractivity contribution in [3.8, 4) is 28.3 Å². The van der Waals surface area contributed by atoms with E-state index < -0.39 is 5.60 Å². The first-order chi connectivity index (χ1) is 21.7. The third-order valence-corrected chi connectivity index (χ3v) is 8.22. The Kier molecular flexibility index (Phi) is 8.54. The molecule has 0 spiro atoms. The van der Waals surface area contributed by atoms with Crippen LogP contribution in [0, 0.1) is 0 Å². The van der Waals surface area contributed by atoms with Gasteiger partial charge in [0.1, 0.15) is 16.9 Å². The Labute approximate surface area is 264 Å². The number of amides is 1. The number of anilines is 1. The number of carbonyl (C=O) groups excluding carboxylic acids is 1. The van der Waals surface area contributed by atoms with Crippen LogP contribution in [0.3, 0.4) is 0 Å². The first-order valence-electron chi connectivity index (χ1n) is 15.7. The van der Waals surface area contributed by atoms with Crippen LogP contribution in [-0.2, 0) is 11.3 Å². The Bertz CT molecular complexity index is 1770. The van der Waals surface area contributed by atoms with Crippen molar-refractivity contribution in [2.24, 2.45) is 0 Å². The highest BCUT2D eigenvalue weighted by Gasteiger charge is 2.30. The number of piperidine rings is 1. The molecule has 0 saturated carbocycles. The lowest BCUT2D eigenvalue weighted by Crippen LogP contribution is -2.48. The maximum Gasteiger partial charge on any atom is 0.410 e. The van der Waals surface area contributed by atoms with Gasteiger partial charge in [-0.1, -0.05) is 42.5 Å². The fourth-order valence-electron chi connectivity index (χ4n) is 6.01. The van der Waals surface area contributed by atoms with Crippen molar-refractivity contribution in [2.45, 2.75) is 58.7 Å². The second-order valence-electron chi connectivity index (χ2n) is 12.6. The summed E-state index contributed by atoms with van der Waals surface area (Å²) >= 11 is 0. The van der Waals surface area contributed by atoms with E-state index in [9.17, 15) is 4.79 Å². The second kappa shape index (κ2) is 12.7. The Morgan fingerprint density at radius 1 is 0.956 bits per heavy atom. The van der Waals surface area contributed by atoms with Gasteiger partial charge in [0, 0.05) is 49.7 Å². The number of nitrogens with two attached hydrogens (primary N) is 1. The molecule has 232 valence electrons. The summed E-state index contributed by atoms with van der Waals surface area (Å²) in [6.07, 6.45) is 3.32. The Balaban J connectivity index is 1.23. The minimum atomic E-state index is -0.494. The standard InChI is InChI=1S/C36H41N7O2/c1-5-42(35(44)45-36(2,3)4)27-19-22-41(23-20-27)24-25-13-15-28(16-14-25)43-33(29-12-9-21-38-32(29)37)40-31-18-17-30(39-34(31)43)26-10-7-6-8-11-26/h6-18,21,27H,5,19-20,22-24H2,1-4H3,(H2,37,38). The molecule has 0 bridgehead atoms. The summed E-state index contributed by atoms with van der Waals surface area (Å²) in [4.78, 5) is 31.5. The highest BCUT2D eigenvalue weighted by Crippen LogP contribution is 2.32. The van der Waals surface area contributed by atoms with Crippen molar-refractivity contribution in [1.82, 2.24) is 29.3 Å². The fourth-order valence-corrected chi connectivity index (χ4v) is 6.01. The van der Waals surface area contributed by atoms with Gasteiger partial charge in [0.05, 0.1) is 11.3 Å². The number of nitrogens with zero attached hydrogens (tertiary/aromatic N) is 6. The summed E-state index contributed by atoms with van der Waals surface area (Å²) in [5, 5.41) is 0. The Hall–Kier alpha value is -4.76. The zero-order valence-corrected chi connectivity index (χ0v) is 26.5. The van der Waals surface area contributed by atoms with Crippen LogP contribution in [0.1, 0.15) is 46.1 Å². The van der Waals surface area contributed by atoms with E-state index >= 15 is 0 Å². The predicted molar refractivity (Wildman–Crippen MR) is 179 cm³/mol. The van der Waals surface area contributed by atoms with Gasteiger partial charge in [-0.2, -0.15) is 0 Å². The monoisotopic (exact) mass is 603 g/mol. The predicted octanol–water partition coefficient (Wildman–Crippen LogP) is 6.95. The molecular formula is C36H41N7O2. The molecule has 1 saturated heterocycles. The van der Waals surface area contributed by atoms with E-state index in [-0.39, 0.29) is 12.1 Å². The van der Waals surface area contributed by atoms with E-state index in [1.54, 1.807) is 6.20 Å². The zero-order chi connectivity index (χ0) is 31.6. The molecule has 0 unspecified atom stereocenters. The van der Waals surface area contributed by atoms with Gasteiger partial charge in [-0.3, -0.25) is 9.47 Å². The molecule has 2 aromatic carbocycles. The topological polar surface area (TPSA) is 102 Å². The summed E-state index contributed by atoms with van der Waals surface area (Å²) in [6, 6.07) is 26.8. The van der Waals surface area contributed by atoms with Gasteiger partial charge in [-0.15, -0.1) is 0 Å². The van der Waals surface area contributed by atoms with E-state index in [0.29, 0.717) is 18.2 Å². The van der Waals surface area contributed by atoms with Crippen LogP contribution in [-0.4, -0.2) is 66.7 Å². The third kappa shape index (κ3) is 6.68. The summed E-state index contributed by atoms with van der Waals surface area (Å²) in [6.45, 7) is 11.1. The van der Waals surface area contributed by atoms with Crippen molar-refractivity contribution >= 4 is 23.1 Å². The average Bonchev–Trinajstić information content (AvgIpc) is 3.41. The summed E-state index contributed by atoms with van der Waals surface area (Å²) < 4.78 is 7.73. The number of fused-ring (bicyclic) bond motifs is 1. The molecule has 6 rings (SSSR count). The molecule has 1 amide bonds. The lowest BCUT2D eigenvalue weighted by Gasteiger charge is -2.38. The number of pyridine rings is 2. The fraction of sp³-hybridized carbons (Fsp3) is 0.333. The van der Waals surface area contributed by atoms with Gasteiger partial charge < -0.3 is 15.4 Å². The number of aromatic nitrogens is 4. The van der Waals surface area contributed by atoms with E-state index in [2.05, 4.69) is 50.8 Å². The number of hydrogen-bond acceptors (Lipinski definition) is 7. The highest BCUT2D eigenvalue weighted by atomic mass is 16.6. The number of likely N-dealkylation sites (tertiary alicyclic amines) is 1. The van der Waals surface area contributed by atoms with Gasteiger partial charge >= 0.3 is 6.09 Å². The van der Waals surface area contributed by atoms with Crippen LogP contribution >= 0.6 is 0 Å². The number of ether oxygens (including phenoxy) is 1. The minimum Gasteiger partial charge on any atom is -0.444 e. The van der Waals surface area contributed by atoms with Crippen molar-refractivity contribution in [3.63, 3.8) is 0 Å². The van der Waals surface area contributed by atoms with Crippen molar-refractivity contribution in [1.29, 1.82) is 0 Å². The second-order valence-corrected chi connectivity index (χ2v) is 12.6. The first kappa shape index (κ1) is 30.3. The number of rotatable bonds is 7. The quantitative estimate of drug-likeness (QED) is 0.215. The number of imidazole rings is 1. The maximum atomic E-state index is 12.8. The summed E-state index contributed by atoms with van der Waals surface area (Å²) in [5.41, 5.74) is 12.2. The van der Waals surface area contributed by atoms with Crippen LogP contribution in [0.4, 0.5) is 10.6 Å².